The number of thioether (sulfide) groups is 1. The van der Waals surface area contributed by atoms with Gasteiger partial charge in [0.1, 0.15) is 11.0 Å². The lowest BCUT2D eigenvalue weighted by molar-refractivity contribution is 0.0954. The van der Waals surface area contributed by atoms with Gasteiger partial charge in [-0.2, -0.15) is 0 Å². The van der Waals surface area contributed by atoms with Crippen LogP contribution in [0.5, 0.6) is 0 Å². The summed E-state index contributed by atoms with van der Waals surface area (Å²) in [5.41, 5.74) is 2.57. The number of carbonyl (C=O) groups is 1. The first-order chi connectivity index (χ1) is 16.5. The van der Waals surface area contributed by atoms with Crippen LogP contribution < -0.4 is 10.2 Å². The lowest BCUT2D eigenvalue weighted by Crippen LogP contribution is -2.30. The highest BCUT2D eigenvalue weighted by Gasteiger charge is 2.15. The molecule has 2 heterocycles. The number of anilines is 1. The molecule has 0 unspecified atom stereocenters. The Labute approximate surface area is 219 Å². The highest BCUT2D eigenvalue weighted by atomic mass is 35.5. The van der Waals surface area contributed by atoms with Crippen LogP contribution in [-0.2, 0) is 12.2 Å². The predicted molar refractivity (Wildman–Crippen MR) is 142 cm³/mol. The van der Waals surface area contributed by atoms with Crippen molar-refractivity contribution in [1.82, 2.24) is 15.3 Å². The molecule has 1 aliphatic heterocycles. The lowest BCUT2D eigenvalue weighted by Gasteiger charge is -2.27. The molecule has 1 fully saturated rings. The summed E-state index contributed by atoms with van der Waals surface area (Å²) in [5.74, 6) is 1.40. The zero-order valence-electron chi connectivity index (χ0n) is 18.6. The van der Waals surface area contributed by atoms with E-state index in [2.05, 4.69) is 15.2 Å². The van der Waals surface area contributed by atoms with Gasteiger partial charge in [-0.1, -0.05) is 64.8 Å². The molecule has 0 bridgehead atoms. The molecule has 0 saturated carbocycles. The Kier molecular flexibility index (Phi) is 8.95. The smallest absolute Gasteiger partial charge is 0.251 e. The summed E-state index contributed by atoms with van der Waals surface area (Å²) in [6, 6.07) is 14.8. The third-order valence-electron chi connectivity index (χ3n) is 5.59. The van der Waals surface area contributed by atoms with Crippen LogP contribution in [0.1, 0.15) is 40.7 Å². The molecule has 1 aromatic heterocycles. The van der Waals surface area contributed by atoms with Gasteiger partial charge in [-0.25, -0.2) is 9.97 Å². The minimum atomic E-state index is -0.122. The Bertz CT molecular complexity index is 1150. The Hall–Kier alpha value is -1.99. The SMILES string of the molecule is O=C(NCCc1ccc(Cl)cc1Cl)c1cccc(CSc2nc(Cl)cc(N3CCCCC3)n2)c1. The maximum absolute atomic E-state index is 12.6. The number of amides is 1. The summed E-state index contributed by atoms with van der Waals surface area (Å²) in [7, 11) is 0. The summed E-state index contributed by atoms with van der Waals surface area (Å²) in [6.45, 7) is 2.48. The van der Waals surface area contributed by atoms with E-state index in [1.807, 2.05) is 36.4 Å². The normalized spacial score (nSPS) is 13.7. The topological polar surface area (TPSA) is 58.1 Å². The molecule has 1 saturated heterocycles. The molecule has 2 aromatic carbocycles. The van der Waals surface area contributed by atoms with E-state index in [0.29, 0.717) is 44.6 Å². The molecule has 0 radical (unpaired) electrons. The summed E-state index contributed by atoms with van der Waals surface area (Å²) < 4.78 is 0. The fraction of sp³-hybridized carbons (Fsp3) is 0.320. The quantitative estimate of drug-likeness (QED) is 0.198. The highest BCUT2D eigenvalue weighted by Crippen LogP contribution is 2.26. The van der Waals surface area contributed by atoms with E-state index in [1.165, 1.54) is 31.0 Å². The number of nitrogens with one attached hydrogen (secondary N) is 1. The van der Waals surface area contributed by atoms with Gasteiger partial charge in [0.25, 0.3) is 5.91 Å². The second-order valence-corrected chi connectivity index (χ2v) is 10.3. The van der Waals surface area contributed by atoms with Crippen LogP contribution in [0.15, 0.2) is 53.7 Å². The third kappa shape index (κ3) is 7.01. The second kappa shape index (κ2) is 12.1. The van der Waals surface area contributed by atoms with E-state index >= 15 is 0 Å². The van der Waals surface area contributed by atoms with Crippen molar-refractivity contribution in [2.45, 2.75) is 36.6 Å². The van der Waals surface area contributed by atoms with E-state index in [-0.39, 0.29) is 5.91 Å². The monoisotopic (exact) mass is 534 g/mol. The number of nitrogens with zero attached hydrogens (tertiary/aromatic N) is 3. The Morgan fingerprint density at radius 2 is 1.82 bits per heavy atom. The van der Waals surface area contributed by atoms with Crippen LogP contribution in [0, 0.1) is 0 Å². The zero-order valence-corrected chi connectivity index (χ0v) is 21.7. The molecule has 178 valence electrons. The fourth-order valence-electron chi connectivity index (χ4n) is 3.82. The molecule has 0 spiro atoms. The van der Waals surface area contributed by atoms with Crippen molar-refractivity contribution >= 4 is 58.3 Å². The average Bonchev–Trinajstić information content (AvgIpc) is 2.84. The number of carbonyl (C=O) groups excluding carboxylic acids is 1. The number of hydrogen-bond donors (Lipinski definition) is 1. The summed E-state index contributed by atoms with van der Waals surface area (Å²) in [6.07, 6.45) is 4.23. The molecule has 5 nitrogen and oxygen atoms in total. The summed E-state index contributed by atoms with van der Waals surface area (Å²) >= 11 is 19.9. The van der Waals surface area contributed by atoms with Gasteiger partial charge in [-0.3, -0.25) is 4.79 Å². The van der Waals surface area contributed by atoms with E-state index in [0.717, 1.165) is 30.0 Å². The minimum absolute atomic E-state index is 0.122. The van der Waals surface area contributed by atoms with Crippen LogP contribution >= 0.6 is 46.6 Å². The van der Waals surface area contributed by atoms with Crippen molar-refractivity contribution in [1.29, 1.82) is 0 Å². The second-order valence-electron chi connectivity index (χ2n) is 8.11. The number of benzene rings is 2. The van der Waals surface area contributed by atoms with Gasteiger partial charge < -0.3 is 10.2 Å². The van der Waals surface area contributed by atoms with Crippen molar-refractivity contribution in [2.24, 2.45) is 0 Å². The first-order valence-corrected chi connectivity index (χ1v) is 13.3. The summed E-state index contributed by atoms with van der Waals surface area (Å²) in [5, 5.41) is 5.25. The van der Waals surface area contributed by atoms with E-state index < -0.39 is 0 Å². The molecule has 1 aliphatic rings. The number of hydrogen-bond acceptors (Lipinski definition) is 5. The maximum atomic E-state index is 12.6. The van der Waals surface area contributed by atoms with Crippen molar-refractivity contribution < 1.29 is 4.79 Å². The first-order valence-electron chi connectivity index (χ1n) is 11.2. The van der Waals surface area contributed by atoms with Gasteiger partial charge >= 0.3 is 0 Å². The first kappa shape index (κ1) is 25.1. The largest absolute Gasteiger partial charge is 0.356 e. The van der Waals surface area contributed by atoms with Crippen LogP contribution in [-0.4, -0.2) is 35.5 Å². The van der Waals surface area contributed by atoms with Crippen LogP contribution in [0.4, 0.5) is 5.82 Å². The van der Waals surface area contributed by atoms with Gasteiger partial charge in [0.05, 0.1) is 0 Å². The van der Waals surface area contributed by atoms with Crippen molar-refractivity contribution in [3.8, 4) is 0 Å². The minimum Gasteiger partial charge on any atom is -0.356 e. The van der Waals surface area contributed by atoms with Gasteiger partial charge in [-0.05, 0) is 61.1 Å². The molecule has 0 atom stereocenters. The van der Waals surface area contributed by atoms with Crippen molar-refractivity contribution in [2.75, 3.05) is 24.5 Å². The van der Waals surface area contributed by atoms with Gasteiger partial charge in [0, 0.05) is 47.1 Å². The molecular weight excluding hydrogens is 511 g/mol. The standard InChI is InChI=1S/C25H25Cl3N4OS/c26-20-8-7-18(21(27)14-20)9-10-29-24(33)19-6-4-5-17(13-19)16-34-25-30-22(28)15-23(31-25)32-11-2-1-3-12-32/h4-8,13-15H,1-3,9-12,16H2,(H,29,33). The predicted octanol–water partition coefficient (Wildman–Crippen LogP) is 6.69. The molecule has 34 heavy (non-hydrogen) atoms. The molecule has 1 amide bonds. The maximum Gasteiger partial charge on any atom is 0.251 e. The van der Waals surface area contributed by atoms with Crippen LogP contribution in [0.2, 0.25) is 15.2 Å². The highest BCUT2D eigenvalue weighted by molar-refractivity contribution is 7.98. The number of piperidine rings is 1. The molecule has 0 aliphatic carbocycles. The number of halogens is 3. The Balaban J connectivity index is 1.33. The average molecular weight is 536 g/mol. The zero-order chi connectivity index (χ0) is 23.9. The van der Waals surface area contributed by atoms with E-state index in [9.17, 15) is 4.79 Å². The van der Waals surface area contributed by atoms with Gasteiger partial charge in [0.15, 0.2) is 5.16 Å². The molecule has 1 N–H and O–H groups in total. The van der Waals surface area contributed by atoms with Crippen molar-refractivity contribution in [3.63, 3.8) is 0 Å². The number of rotatable bonds is 8. The molecule has 9 heteroatoms. The van der Waals surface area contributed by atoms with Gasteiger partial charge in [-0.15, -0.1) is 0 Å². The van der Waals surface area contributed by atoms with Crippen LogP contribution in [0.25, 0.3) is 0 Å². The van der Waals surface area contributed by atoms with E-state index in [1.54, 1.807) is 12.1 Å². The lowest BCUT2D eigenvalue weighted by atomic mass is 10.1. The van der Waals surface area contributed by atoms with Crippen molar-refractivity contribution in [3.05, 3.63) is 80.4 Å². The fourth-order valence-corrected chi connectivity index (χ4v) is 5.35. The summed E-state index contributed by atoms with van der Waals surface area (Å²) in [4.78, 5) is 24.0. The molecular formula is C25H25Cl3N4OS. The van der Waals surface area contributed by atoms with Gasteiger partial charge in [0.2, 0.25) is 0 Å². The van der Waals surface area contributed by atoms with E-state index in [4.69, 9.17) is 39.8 Å². The number of aromatic nitrogens is 2. The molecule has 4 rings (SSSR count). The Morgan fingerprint density at radius 3 is 2.62 bits per heavy atom. The third-order valence-corrected chi connectivity index (χ3v) is 7.29. The molecule has 3 aromatic rings. The van der Waals surface area contributed by atoms with Crippen LogP contribution in [0.3, 0.4) is 0 Å². The Morgan fingerprint density at radius 1 is 1.00 bits per heavy atom.